The first-order valence-corrected chi connectivity index (χ1v) is 11.1. The summed E-state index contributed by atoms with van der Waals surface area (Å²) < 4.78 is 0. The molecule has 0 aliphatic carbocycles. The van der Waals surface area contributed by atoms with Crippen molar-refractivity contribution >= 4 is 40.4 Å². The highest BCUT2D eigenvalue weighted by atomic mass is 32.1. The van der Waals surface area contributed by atoms with Gasteiger partial charge in [0.25, 0.3) is 0 Å². The fraction of sp³-hybridized carbons (Fsp3) is 0.200. The van der Waals surface area contributed by atoms with E-state index in [0.717, 1.165) is 0 Å². The fourth-order valence-electron chi connectivity index (χ4n) is 2.11. The highest BCUT2D eigenvalue weighted by molar-refractivity contribution is 7.08. The molecule has 3 heteroatoms. The van der Waals surface area contributed by atoms with Crippen LogP contribution in [0.1, 0.15) is 11.1 Å². The van der Waals surface area contributed by atoms with Crippen molar-refractivity contribution in [3.8, 4) is 0 Å². The highest BCUT2D eigenvalue weighted by Gasteiger charge is 2.21. The summed E-state index contributed by atoms with van der Waals surface area (Å²) in [6.45, 7) is 7.18. The summed E-state index contributed by atoms with van der Waals surface area (Å²) in [5.41, 5.74) is 5.98. The second-order valence-corrected chi connectivity index (χ2v) is 11.5. The molecular weight excluding hydrogens is 268 g/mol. The van der Waals surface area contributed by atoms with E-state index in [1.165, 1.54) is 21.9 Å². The molecule has 2 rings (SSSR count). The molecule has 1 aromatic carbocycles. The Balaban J connectivity index is 2.58. The molecule has 0 bridgehead atoms. The van der Waals surface area contributed by atoms with Crippen LogP contribution in [0.2, 0.25) is 19.6 Å². The molecule has 0 amide bonds. The maximum Gasteiger partial charge on any atom is 0.0784 e. The minimum atomic E-state index is -1.33. The lowest BCUT2D eigenvalue weighted by Crippen LogP contribution is -2.39. The molecule has 0 aliphatic rings. The summed E-state index contributed by atoms with van der Waals surface area (Å²) in [6, 6.07) is 11.0. The number of hydrogen-bond donors (Lipinski definition) is 0. The minimum absolute atomic E-state index is 1.28. The van der Waals surface area contributed by atoms with Crippen LogP contribution < -0.4 is 5.19 Å². The van der Waals surface area contributed by atoms with Crippen LogP contribution in [0.15, 0.2) is 46.8 Å². The maximum absolute atomic E-state index is 3.58. The van der Waals surface area contributed by atoms with E-state index in [2.05, 4.69) is 71.0 Å². The van der Waals surface area contributed by atoms with E-state index in [1.54, 1.807) is 11.3 Å². The Morgan fingerprint density at radius 1 is 1.17 bits per heavy atom. The smallest absolute Gasteiger partial charge is 0.0784 e. The van der Waals surface area contributed by atoms with Crippen LogP contribution in [0.5, 0.6) is 0 Å². The summed E-state index contributed by atoms with van der Waals surface area (Å²) in [5, 5.41) is 5.84. The molecule has 0 unspecified atom stereocenters. The van der Waals surface area contributed by atoms with Gasteiger partial charge >= 0.3 is 0 Å². The molecule has 0 saturated carbocycles. The first-order chi connectivity index (χ1) is 8.54. The van der Waals surface area contributed by atoms with Crippen LogP contribution in [0, 0.1) is 0 Å². The van der Waals surface area contributed by atoms with Crippen molar-refractivity contribution in [2.75, 3.05) is 0 Å². The van der Waals surface area contributed by atoms with Crippen molar-refractivity contribution in [1.29, 1.82) is 0 Å². The van der Waals surface area contributed by atoms with Crippen LogP contribution in [-0.2, 0) is 0 Å². The summed E-state index contributed by atoms with van der Waals surface area (Å²) in [6.07, 6.45) is 0. The largest absolute Gasteiger partial charge is 0.152 e. The Morgan fingerprint density at radius 2 is 1.89 bits per heavy atom. The van der Waals surface area contributed by atoms with Crippen LogP contribution in [0.25, 0.3) is 5.57 Å². The molecular formula is C15H17SSi2. The van der Waals surface area contributed by atoms with Crippen LogP contribution in [0.4, 0.5) is 0 Å². The lowest BCUT2D eigenvalue weighted by Gasteiger charge is -2.22. The van der Waals surface area contributed by atoms with Gasteiger partial charge in [0.05, 0.1) is 18.3 Å². The lowest BCUT2D eigenvalue weighted by atomic mass is 10.0. The van der Waals surface area contributed by atoms with Gasteiger partial charge in [-0.2, -0.15) is 11.3 Å². The van der Waals surface area contributed by atoms with Crippen molar-refractivity contribution in [2.45, 2.75) is 19.6 Å². The van der Waals surface area contributed by atoms with Gasteiger partial charge in [0.1, 0.15) is 0 Å². The normalized spacial score (nSPS) is 12.8. The molecule has 1 aromatic heterocycles. The van der Waals surface area contributed by atoms with E-state index < -0.39 is 8.07 Å². The first kappa shape index (κ1) is 13.5. The number of benzene rings is 1. The average molecular weight is 286 g/mol. The van der Waals surface area contributed by atoms with Crippen LogP contribution >= 0.6 is 11.3 Å². The topological polar surface area (TPSA) is 0 Å². The Kier molecular flexibility index (Phi) is 4.05. The van der Waals surface area contributed by atoms with Gasteiger partial charge in [0, 0.05) is 0 Å². The molecule has 0 N–H and O–H groups in total. The number of thiophene rings is 1. The second-order valence-electron chi connectivity index (χ2n) is 5.37. The molecule has 0 fully saturated rings. The van der Waals surface area contributed by atoms with Crippen molar-refractivity contribution in [1.82, 2.24) is 0 Å². The van der Waals surface area contributed by atoms with Crippen LogP contribution in [0.3, 0.4) is 0 Å². The molecule has 2 aromatic rings. The summed E-state index contributed by atoms with van der Waals surface area (Å²) in [7, 11) is 2.26. The quantitative estimate of drug-likeness (QED) is 0.752. The third-order valence-corrected chi connectivity index (χ3v) is 6.03. The Morgan fingerprint density at radius 3 is 2.44 bits per heavy atom. The zero-order chi connectivity index (χ0) is 13.2. The zero-order valence-electron chi connectivity index (χ0n) is 11.0. The van der Waals surface area contributed by atoms with Gasteiger partial charge in [-0.3, -0.25) is 0 Å². The van der Waals surface area contributed by atoms with Crippen molar-refractivity contribution in [2.24, 2.45) is 0 Å². The van der Waals surface area contributed by atoms with E-state index in [-0.39, 0.29) is 0 Å². The van der Waals surface area contributed by atoms with Crippen molar-refractivity contribution in [3.05, 3.63) is 57.9 Å². The maximum atomic E-state index is 3.58. The van der Waals surface area contributed by atoms with E-state index >= 15 is 0 Å². The monoisotopic (exact) mass is 285 g/mol. The molecule has 0 aliphatic heterocycles. The van der Waals surface area contributed by atoms with Gasteiger partial charge in [-0.1, -0.05) is 54.8 Å². The molecule has 3 radical (unpaired) electrons. The van der Waals surface area contributed by atoms with Crippen LogP contribution in [-0.4, -0.2) is 18.3 Å². The number of hydrogen-bond acceptors (Lipinski definition) is 1. The number of rotatable bonds is 3. The van der Waals surface area contributed by atoms with E-state index in [0.29, 0.717) is 0 Å². The average Bonchev–Trinajstić information content (AvgIpc) is 2.83. The van der Waals surface area contributed by atoms with Crippen molar-refractivity contribution in [3.63, 3.8) is 0 Å². The Bertz CT molecular complexity index is 548. The molecule has 18 heavy (non-hydrogen) atoms. The lowest BCUT2D eigenvalue weighted by molar-refractivity contribution is 1.59. The molecule has 0 spiro atoms. The third-order valence-electron chi connectivity index (χ3n) is 3.00. The zero-order valence-corrected chi connectivity index (χ0v) is 13.8. The summed E-state index contributed by atoms with van der Waals surface area (Å²) in [4.78, 5) is 0. The molecule has 0 saturated heterocycles. The Labute approximate surface area is 118 Å². The highest BCUT2D eigenvalue weighted by Crippen LogP contribution is 2.25. The third kappa shape index (κ3) is 2.74. The molecule has 0 nitrogen and oxygen atoms in total. The van der Waals surface area contributed by atoms with Crippen molar-refractivity contribution < 1.29 is 0 Å². The van der Waals surface area contributed by atoms with Gasteiger partial charge in [-0.05, 0) is 33.5 Å². The first-order valence-electron chi connectivity index (χ1n) is 6.04. The van der Waals surface area contributed by atoms with E-state index in [1.807, 2.05) is 5.70 Å². The van der Waals surface area contributed by atoms with Gasteiger partial charge < -0.3 is 0 Å². The summed E-state index contributed by atoms with van der Waals surface area (Å²) >= 11 is 1.74. The fourth-order valence-corrected chi connectivity index (χ4v) is 4.71. The molecule has 0 atom stereocenters. The minimum Gasteiger partial charge on any atom is -0.152 e. The van der Waals surface area contributed by atoms with Gasteiger partial charge in [0.2, 0.25) is 0 Å². The predicted molar refractivity (Wildman–Crippen MR) is 86.6 cm³/mol. The standard InChI is InChI=1S/C15H17SSi2/c1-18(2,3)15-7-5-4-6-13(15)14(11-17)12-8-9-16-10-12/h4-11H,1-3H3. The van der Waals surface area contributed by atoms with E-state index in [4.69, 9.17) is 0 Å². The molecule has 1 heterocycles. The SMILES string of the molecule is C[Si](C)(C)c1ccccc1C(=C[Si])c1ccsc1. The van der Waals surface area contributed by atoms with Gasteiger partial charge in [0.15, 0.2) is 0 Å². The van der Waals surface area contributed by atoms with Gasteiger partial charge in [-0.25, -0.2) is 0 Å². The van der Waals surface area contributed by atoms with Gasteiger partial charge in [-0.15, -0.1) is 0 Å². The Hall–Kier alpha value is -0.906. The second kappa shape index (κ2) is 5.38. The molecule has 91 valence electrons. The predicted octanol–water partition coefficient (Wildman–Crippen LogP) is 3.85. The summed E-state index contributed by atoms with van der Waals surface area (Å²) in [5.74, 6) is 0. The van der Waals surface area contributed by atoms with E-state index in [9.17, 15) is 0 Å².